The van der Waals surface area contributed by atoms with Crippen molar-refractivity contribution in [3.63, 3.8) is 0 Å². The van der Waals surface area contributed by atoms with Crippen LogP contribution in [0, 0.1) is 0 Å². The Hall–Kier alpha value is -0.380. The first-order valence-electron chi connectivity index (χ1n) is 6.69. The lowest BCUT2D eigenvalue weighted by molar-refractivity contribution is -0.139. The molecule has 2 aliphatic carbocycles. The van der Waals surface area contributed by atoms with Gasteiger partial charge in [0.1, 0.15) is 0 Å². The summed E-state index contributed by atoms with van der Waals surface area (Å²) in [5.74, 6) is 0. The molecule has 18 heavy (non-hydrogen) atoms. The lowest BCUT2D eigenvalue weighted by atomic mass is 9.87. The van der Waals surface area contributed by atoms with Crippen LogP contribution < -0.4 is 0 Å². The van der Waals surface area contributed by atoms with Crippen LogP contribution in [0.4, 0.5) is 0 Å². The molecule has 0 radical (unpaired) electrons. The Morgan fingerprint density at radius 2 is 2.11 bits per heavy atom. The van der Waals surface area contributed by atoms with E-state index in [1.54, 1.807) is 7.11 Å². The van der Waals surface area contributed by atoms with E-state index in [9.17, 15) is 0 Å². The molecular weight excluding hydrogens is 292 g/mol. The van der Waals surface area contributed by atoms with Crippen LogP contribution in [0.3, 0.4) is 0 Å². The predicted octanol–water partition coefficient (Wildman–Crippen LogP) is 3.63. The van der Waals surface area contributed by atoms with E-state index in [1.807, 2.05) is 0 Å². The third kappa shape index (κ3) is 2.24. The summed E-state index contributed by atoms with van der Waals surface area (Å²) in [6.45, 7) is 0. The average Bonchev–Trinajstić information content (AvgIpc) is 2.39. The number of hydrogen-bond donors (Lipinski definition) is 0. The minimum absolute atomic E-state index is 0.207. The maximum absolute atomic E-state index is 6.27. The van der Waals surface area contributed by atoms with Gasteiger partial charge in [-0.3, -0.25) is 0 Å². The molecule has 0 saturated heterocycles. The number of rotatable bonds is 3. The average molecular weight is 311 g/mol. The van der Waals surface area contributed by atoms with E-state index in [0.29, 0.717) is 4.83 Å². The van der Waals surface area contributed by atoms with Crippen LogP contribution in [0.1, 0.15) is 36.5 Å². The van der Waals surface area contributed by atoms with Crippen molar-refractivity contribution in [2.45, 2.75) is 48.8 Å². The number of ether oxygens (including phenoxy) is 2. The molecule has 98 valence electrons. The summed E-state index contributed by atoms with van der Waals surface area (Å²) in [5, 5.41) is 0. The molecule has 0 amide bonds. The number of aryl methyl sites for hydroxylation is 1. The number of benzene rings is 1. The van der Waals surface area contributed by atoms with Gasteiger partial charge in [-0.1, -0.05) is 40.2 Å². The van der Waals surface area contributed by atoms with Gasteiger partial charge in [-0.15, -0.1) is 0 Å². The molecule has 0 N–H and O–H groups in total. The summed E-state index contributed by atoms with van der Waals surface area (Å²) in [7, 11) is 1.77. The van der Waals surface area contributed by atoms with Crippen molar-refractivity contribution in [1.29, 1.82) is 0 Å². The first-order chi connectivity index (χ1) is 8.79. The highest BCUT2D eigenvalue weighted by atomic mass is 79.9. The molecule has 1 aromatic carbocycles. The highest BCUT2D eigenvalue weighted by Gasteiger charge is 2.42. The number of methoxy groups -OCH3 is 1. The molecule has 0 bridgehead atoms. The fourth-order valence-corrected chi connectivity index (χ4v) is 3.95. The maximum Gasteiger partial charge on any atom is 0.0959 e. The second-order valence-corrected chi connectivity index (χ2v) is 6.38. The second kappa shape index (κ2) is 5.32. The summed E-state index contributed by atoms with van der Waals surface area (Å²) >= 11 is 3.62. The summed E-state index contributed by atoms with van der Waals surface area (Å²) in [5.41, 5.74) is 2.84. The van der Waals surface area contributed by atoms with Gasteiger partial charge in [0, 0.05) is 11.9 Å². The zero-order chi connectivity index (χ0) is 12.5. The van der Waals surface area contributed by atoms with Gasteiger partial charge in [0.2, 0.25) is 0 Å². The van der Waals surface area contributed by atoms with Crippen LogP contribution in [0.2, 0.25) is 0 Å². The number of fused-ring (bicyclic) bond motifs is 1. The van der Waals surface area contributed by atoms with Gasteiger partial charge >= 0.3 is 0 Å². The normalized spacial score (nSPS) is 34.8. The monoisotopic (exact) mass is 310 g/mol. The van der Waals surface area contributed by atoms with Crippen LogP contribution >= 0.6 is 15.9 Å². The minimum atomic E-state index is 0.207. The van der Waals surface area contributed by atoms with Gasteiger partial charge in [-0.05, 0) is 36.8 Å². The fraction of sp³-hybridized carbons (Fsp3) is 0.600. The molecule has 1 saturated carbocycles. The fourth-order valence-electron chi connectivity index (χ4n) is 3.02. The molecule has 1 aromatic rings. The van der Waals surface area contributed by atoms with Crippen molar-refractivity contribution in [2.24, 2.45) is 0 Å². The summed E-state index contributed by atoms with van der Waals surface area (Å²) in [4.78, 5) is 0.450. The SMILES string of the molecule is COC1C(Br)CC1OC1CCCc2ccccc21. The van der Waals surface area contributed by atoms with Crippen molar-refractivity contribution in [2.75, 3.05) is 7.11 Å². The molecule has 0 aliphatic heterocycles. The molecule has 3 rings (SSSR count). The van der Waals surface area contributed by atoms with Gasteiger partial charge in [-0.2, -0.15) is 0 Å². The van der Waals surface area contributed by atoms with Crippen molar-refractivity contribution in [3.05, 3.63) is 35.4 Å². The third-order valence-electron chi connectivity index (χ3n) is 4.11. The minimum Gasteiger partial charge on any atom is -0.378 e. The molecule has 4 atom stereocenters. The lowest BCUT2D eigenvalue weighted by Gasteiger charge is -2.42. The topological polar surface area (TPSA) is 18.5 Å². The van der Waals surface area contributed by atoms with Crippen molar-refractivity contribution in [1.82, 2.24) is 0 Å². The molecule has 3 heteroatoms. The van der Waals surface area contributed by atoms with Crippen molar-refractivity contribution >= 4 is 15.9 Å². The summed E-state index contributed by atoms with van der Waals surface area (Å²) in [6, 6.07) is 8.68. The van der Waals surface area contributed by atoms with Gasteiger partial charge in [0.25, 0.3) is 0 Å². The van der Waals surface area contributed by atoms with Gasteiger partial charge in [0.05, 0.1) is 18.3 Å². The molecule has 1 fully saturated rings. The Morgan fingerprint density at radius 3 is 2.89 bits per heavy atom. The molecule has 0 aromatic heterocycles. The van der Waals surface area contributed by atoms with Crippen LogP contribution in [0.25, 0.3) is 0 Å². The second-order valence-electron chi connectivity index (χ2n) is 5.21. The standard InChI is InChI=1S/C15H19BrO2/c1-17-15-12(16)9-14(15)18-13-8-4-6-10-5-2-3-7-11(10)13/h2-3,5,7,12-15H,4,6,8-9H2,1H3. The maximum atomic E-state index is 6.27. The molecule has 0 heterocycles. The Bertz CT molecular complexity index is 421. The smallest absolute Gasteiger partial charge is 0.0959 e. The van der Waals surface area contributed by atoms with E-state index in [2.05, 4.69) is 40.2 Å². The van der Waals surface area contributed by atoms with E-state index in [4.69, 9.17) is 9.47 Å². The number of halogens is 1. The summed E-state index contributed by atoms with van der Waals surface area (Å²) in [6.07, 6.45) is 5.32. The van der Waals surface area contributed by atoms with E-state index >= 15 is 0 Å². The van der Waals surface area contributed by atoms with Gasteiger partial charge < -0.3 is 9.47 Å². The quantitative estimate of drug-likeness (QED) is 0.794. The molecule has 2 aliphatic rings. The van der Waals surface area contributed by atoms with Crippen LogP contribution in [0.15, 0.2) is 24.3 Å². The summed E-state index contributed by atoms with van der Waals surface area (Å²) < 4.78 is 11.7. The highest BCUT2D eigenvalue weighted by Crippen LogP contribution is 2.39. The van der Waals surface area contributed by atoms with E-state index in [0.717, 1.165) is 12.8 Å². The first kappa shape index (κ1) is 12.6. The Balaban J connectivity index is 1.71. The highest BCUT2D eigenvalue weighted by molar-refractivity contribution is 9.09. The predicted molar refractivity (Wildman–Crippen MR) is 75.1 cm³/mol. The zero-order valence-electron chi connectivity index (χ0n) is 10.6. The molecule has 2 nitrogen and oxygen atoms in total. The Kier molecular flexibility index (Phi) is 3.73. The first-order valence-corrected chi connectivity index (χ1v) is 7.61. The molecule has 4 unspecified atom stereocenters. The Labute approximate surface area is 117 Å². The van der Waals surface area contributed by atoms with Gasteiger partial charge in [0.15, 0.2) is 0 Å². The van der Waals surface area contributed by atoms with Crippen molar-refractivity contribution in [3.8, 4) is 0 Å². The van der Waals surface area contributed by atoms with Crippen LogP contribution in [-0.4, -0.2) is 24.1 Å². The molecule has 0 spiro atoms. The lowest BCUT2D eigenvalue weighted by Crippen LogP contribution is -2.50. The van der Waals surface area contributed by atoms with E-state index in [-0.39, 0.29) is 18.3 Å². The zero-order valence-corrected chi connectivity index (χ0v) is 12.2. The van der Waals surface area contributed by atoms with Crippen LogP contribution in [-0.2, 0) is 15.9 Å². The number of hydrogen-bond acceptors (Lipinski definition) is 2. The van der Waals surface area contributed by atoms with Gasteiger partial charge in [-0.25, -0.2) is 0 Å². The third-order valence-corrected chi connectivity index (χ3v) is 5.00. The molecular formula is C15H19BrO2. The van der Waals surface area contributed by atoms with Crippen molar-refractivity contribution < 1.29 is 9.47 Å². The number of alkyl halides is 1. The van der Waals surface area contributed by atoms with E-state index in [1.165, 1.54) is 24.0 Å². The van der Waals surface area contributed by atoms with E-state index < -0.39 is 0 Å². The van der Waals surface area contributed by atoms with Crippen LogP contribution in [0.5, 0.6) is 0 Å². The largest absolute Gasteiger partial charge is 0.378 e. The Morgan fingerprint density at radius 1 is 1.28 bits per heavy atom.